The molecule has 0 saturated heterocycles. The third kappa shape index (κ3) is 3.43. The zero-order valence-electron chi connectivity index (χ0n) is 14.9. The van der Waals surface area contributed by atoms with Gasteiger partial charge in [0.05, 0.1) is 13.2 Å². The fourth-order valence-corrected chi connectivity index (χ4v) is 3.30. The van der Waals surface area contributed by atoms with Gasteiger partial charge in [-0.3, -0.25) is 4.79 Å². The average molecular weight is 366 g/mol. The van der Waals surface area contributed by atoms with Gasteiger partial charge in [0, 0.05) is 23.2 Å². The number of benzene rings is 2. The Bertz CT molecular complexity index is 966. The van der Waals surface area contributed by atoms with E-state index in [4.69, 9.17) is 9.26 Å². The first kappa shape index (κ1) is 17.3. The van der Waals surface area contributed by atoms with Crippen LogP contribution in [-0.2, 0) is 13.0 Å². The molecule has 0 saturated carbocycles. The summed E-state index contributed by atoms with van der Waals surface area (Å²) in [6, 6.07) is 13.3. The highest BCUT2D eigenvalue weighted by Crippen LogP contribution is 2.31. The molecule has 3 aromatic rings. The molecule has 0 aliphatic carbocycles. The lowest BCUT2D eigenvalue weighted by atomic mass is 10.00. The summed E-state index contributed by atoms with van der Waals surface area (Å²) in [5, 5.41) is 4.14. The molecule has 0 atom stereocenters. The van der Waals surface area contributed by atoms with E-state index in [-0.39, 0.29) is 11.7 Å². The van der Waals surface area contributed by atoms with E-state index in [9.17, 15) is 9.18 Å². The first-order chi connectivity index (χ1) is 13.2. The molecule has 1 aliphatic rings. The molecular weight excluding hydrogens is 347 g/mol. The van der Waals surface area contributed by atoms with Crippen molar-refractivity contribution in [3.8, 4) is 17.1 Å². The van der Waals surface area contributed by atoms with Gasteiger partial charge in [0.15, 0.2) is 5.76 Å². The maximum Gasteiger partial charge on any atom is 0.254 e. The SMILES string of the molecule is CCOc1cccc(C(=O)N2CCc3c(noc3-c3ccc(F)cc3)C2)c1. The number of amides is 1. The van der Waals surface area contributed by atoms with Crippen LogP contribution in [0.25, 0.3) is 11.3 Å². The Kier molecular flexibility index (Phi) is 4.62. The number of hydrogen-bond acceptors (Lipinski definition) is 4. The fourth-order valence-electron chi connectivity index (χ4n) is 3.30. The van der Waals surface area contributed by atoms with Crippen molar-refractivity contribution in [2.75, 3.05) is 13.2 Å². The summed E-state index contributed by atoms with van der Waals surface area (Å²) >= 11 is 0. The number of aromatic nitrogens is 1. The van der Waals surface area contributed by atoms with Gasteiger partial charge in [-0.15, -0.1) is 0 Å². The molecule has 2 heterocycles. The van der Waals surface area contributed by atoms with Crippen LogP contribution in [0.2, 0.25) is 0 Å². The zero-order chi connectivity index (χ0) is 18.8. The van der Waals surface area contributed by atoms with Gasteiger partial charge < -0.3 is 14.2 Å². The minimum absolute atomic E-state index is 0.0615. The molecule has 0 fully saturated rings. The molecular formula is C21H19FN2O3. The Morgan fingerprint density at radius 3 is 2.85 bits per heavy atom. The van der Waals surface area contributed by atoms with E-state index in [0.29, 0.717) is 43.2 Å². The molecule has 0 bridgehead atoms. The molecule has 4 rings (SSSR count). The van der Waals surface area contributed by atoms with Gasteiger partial charge in [0.2, 0.25) is 0 Å². The summed E-state index contributed by atoms with van der Waals surface area (Å²) in [6.45, 7) is 3.41. The average Bonchev–Trinajstić information content (AvgIpc) is 3.12. The van der Waals surface area contributed by atoms with Crippen LogP contribution in [0.4, 0.5) is 4.39 Å². The third-order valence-electron chi connectivity index (χ3n) is 4.63. The summed E-state index contributed by atoms with van der Waals surface area (Å²) in [5.41, 5.74) is 3.10. The molecule has 6 heteroatoms. The van der Waals surface area contributed by atoms with Crippen LogP contribution in [-0.4, -0.2) is 29.1 Å². The minimum atomic E-state index is -0.293. The van der Waals surface area contributed by atoms with E-state index in [1.54, 1.807) is 29.2 Å². The van der Waals surface area contributed by atoms with E-state index in [1.807, 2.05) is 19.1 Å². The second-order valence-electron chi connectivity index (χ2n) is 6.38. The van der Waals surface area contributed by atoms with Gasteiger partial charge in [-0.25, -0.2) is 4.39 Å². The Hall–Kier alpha value is -3.15. The molecule has 5 nitrogen and oxygen atoms in total. The number of rotatable bonds is 4. The normalized spacial score (nSPS) is 13.3. The van der Waals surface area contributed by atoms with E-state index in [1.165, 1.54) is 12.1 Å². The van der Waals surface area contributed by atoms with Crippen LogP contribution < -0.4 is 4.74 Å². The molecule has 0 spiro atoms. The van der Waals surface area contributed by atoms with E-state index >= 15 is 0 Å². The second-order valence-corrected chi connectivity index (χ2v) is 6.38. The van der Waals surface area contributed by atoms with Crippen LogP contribution in [0.3, 0.4) is 0 Å². The van der Waals surface area contributed by atoms with Crippen LogP contribution in [0, 0.1) is 5.82 Å². The van der Waals surface area contributed by atoms with Crippen molar-refractivity contribution in [2.24, 2.45) is 0 Å². The highest BCUT2D eigenvalue weighted by Gasteiger charge is 2.28. The molecule has 1 aliphatic heterocycles. The van der Waals surface area contributed by atoms with Crippen molar-refractivity contribution >= 4 is 5.91 Å². The van der Waals surface area contributed by atoms with Gasteiger partial charge in [0.1, 0.15) is 17.3 Å². The van der Waals surface area contributed by atoms with E-state index < -0.39 is 0 Å². The molecule has 1 amide bonds. The molecule has 27 heavy (non-hydrogen) atoms. The summed E-state index contributed by atoms with van der Waals surface area (Å²) in [7, 11) is 0. The molecule has 138 valence electrons. The monoisotopic (exact) mass is 366 g/mol. The van der Waals surface area contributed by atoms with Crippen molar-refractivity contribution in [3.63, 3.8) is 0 Å². The van der Waals surface area contributed by atoms with Crippen LogP contribution in [0.1, 0.15) is 28.5 Å². The number of nitrogens with zero attached hydrogens (tertiary/aromatic N) is 2. The van der Waals surface area contributed by atoms with E-state index in [0.717, 1.165) is 16.8 Å². The maximum absolute atomic E-state index is 13.1. The summed E-state index contributed by atoms with van der Waals surface area (Å²) in [4.78, 5) is 14.6. The lowest BCUT2D eigenvalue weighted by molar-refractivity contribution is 0.0731. The number of hydrogen-bond donors (Lipinski definition) is 0. The van der Waals surface area contributed by atoms with Gasteiger partial charge in [-0.1, -0.05) is 11.2 Å². The highest BCUT2D eigenvalue weighted by molar-refractivity contribution is 5.94. The smallest absolute Gasteiger partial charge is 0.254 e. The minimum Gasteiger partial charge on any atom is -0.494 e. The van der Waals surface area contributed by atoms with Crippen LogP contribution >= 0.6 is 0 Å². The Balaban J connectivity index is 1.54. The first-order valence-corrected chi connectivity index (χ1v) is 8.91. The van der Waals surface area contributed by atoms with Gasteiger partial charge in [0.25, 0.3) is 5.91 Å². The number of fused-ring (bicyclic) bond motifs is 1. The number of carbonyl (C=O) groups excluding carboxylic acids is 1. The molecule has 0 N–H and O–H groups in total. The Labute approximate surface area is 156 Å². The van der Waals surface area contributed by atoms with Crippen LogP contribution in [0.15, 0.2) is 53.1 Å². The summed E-state index contributed by atoms with van der Waals surface area (Å²) < 4.78 is 24.1. The predicted molar refractivity (Wildman–Crippen MR) is 98.0 cm³/mol. The number of halogens is 1. The van der Waals surface area contributed by atoms with Crippen molar-refractivity contribution in [2.45, 2.75) is 19.9 Å². The quantitative estimate of drug-likeness (QED) is 0.698. The molecule has 0 radical (unpaired) electrons. The van der Waals surface area contributed by atoms with Gasteiger partial charge in [-0.05, 0) is 55.8 Å². The first-order valence-electron chi connectivity index (χ1n) is 8.91. The Morgan fingerprint density at radius 1 is 1.26 bits per heavy atom. The topological polar surface area (TPSA) is 55.6 Å². The van der Waals surface area contributed by atoms with Crippen molar-refractivity contribution < 1.29 is 18.4 Å². The molecule has 0 unspecified atom stereocenters. The predicted octanol–water partition coefficient (Wildman–Crippen LogP) is 4.08. The van der Waals surface area contributed by atoms with Crippen molar-refractivity contribution in [1.29, 1.82) is 0 Å². The maximum atomic E-state index is 13.1. The lowest BCUT2D eigenvalue weighted by Gasteiger charge is -2.26. The molecule has 2 aromatic carbocycles. The van der Waals surface area contributed by atoms with Crippen LogP contribution in [0.5, 0.6) is 5.75 Å². The van der Waals surface area contributed by atoms with E-state index in [2.05, 4.69) is 5.16 Å². The second kappa shape index (κ2) is 7.23. The van der Waals surface area contributed by atoms with Crippen molar-refractivity contribution in [1.82, 2.24) is 10.1 Å². The number of carbonyl (C=O) groups is 1. The van der Waals surface area contributed by atoms with Gasteiger partial charge >= 0.3 is 0 Å². The standard InChI is InChI=1S/C21H19FN2O3/c1-2-26-17-5-3-4-15(12-17)21(25)24-11-10-18-19(13-24)23-27-20(18)14-6-8-16(22)9-7-14/h3-9,12H,2,10-11,13H2,1H3. The fraction of sp³-hybridized carbons (Fsp3) is 0.238. The van der Waals surface area contributed by atoms with Crippen molar-refractivity contribution in [3.05, 3.63) is 71.2 Å². The zero-order valence-corrected chi connectivity index (χ0v) is 14.9. The summed E-state index contributed by atoms with van der Waals surface area (Å²) in [5.74, 6) is 0.975. The lowest BCUT2D eigenvalue weighted by Crippen LogP contribution is -2.36. The highest BCUT2D eigenvalue weighted by atomic mass is 19.1. The number of ether oxygens (including phenoxy) is 1. The Morgan fingerprint density at radius 2 is 2.07 bits per heavy atom. The largest absolute Gasteiger partial charge is 0.494 e. The molecule has 1 aromatic heterocycles. The summed E-state index contributed by atoms with van der Waals surface area (Å²) in [6.07, 6.45) is 0.641. The third-order valence-corrected chi connectivity index (χ3v) is 4.63. The van der Waals surface area contributed by atoms with Gasteiger partial charge in [-0.2, -0.15) is 0 Å².